The zero-order valence-electron chi connectivity index (χ0n) is 16.4. The lowest BCUT2D eigenvalue weighted by Crippen LogP contribution is -2.52. The van der Waals surface area contributed by atoms with Crippen molar-refractivity contribution in [2.45, 2.75) is 57.4 Å². The molecule has 1 aromatic carbocycles. The summed E-state index contributed by atoms with van der Waals surface area (Å²) in [5.41, 5.74) is 2.10. The van der Waals surface area contributed by atoms with Crippen LogP contribution in [0, 0.1) is 5.92 Å². The number of nitrogens with zero attached hydrogens (tertiary/aromatic N) is 1. The Morgan fingerprint density at radius 2 is 2.19 bits per heavy atom. The molecule has 3 rings (SSSR count). The summed E-state index contributed by atoms with van der Waals surface area (Å²) in [7, 11) is 0. The largest absolute Gasteiger partial charge is 0.392 e. The maximum absolute atomic E-state index is 12.8. The van der Waals surface area contributed by atoms with Crippen molar-refractivity contribution in [3.63, 3.8) is 0 Å². The number of carbonyl (C=O) groups is 1. The molecular weight excluding hydrogens is 342 g/mol. The smallest absolute Gasteiger partial charge is 0.223 e. The third-order valence-corrected chi connectivity index (χ3v) is 6.01. The molecule has 1 aromatic rings. The molecule has 0 bridgehead atoms. The molecule has 1 heterocycles. The van der Waals surface area contributed by atoms with Crippen molar-refractivity contribution >= 4 is 5.91 Å². The van der Waals surface area contributed by atoms with Gasteiger partial charge in [-0.2, -0.15) is 0 Å². The molecule has 1 aliphatic carbocycles. The van der Waals surface area contributed by atoms with Gasteiger partial charge in [0.05, 0.1) is 18.2 Å². The number of carbonyl (C=O) groups excluding carboxylic acids is 1. The van der Waals surface area contributed by atoms with Gasteiger partial charge in [0, 0.05) is 44.6 Å². The summed E-state index contributed by atoms with van der Waals surface area (Å²) >= 11 is 0. The summed E-state index contributed by atoms with van der Waals surface area (Å²) < 4.78 is 0. The fourth-order valence-corrected chi connectivity index (χ4v) is 4.31. The molecule has 1 aliphatic heterocycles. The molecule has 1 fully saturated rings. The number of β-amino-alcohol motifs (C(OH)–C–C–N with tert-alkyl or cyclic N) is 1. The number of hydrogen-bond acceptors (Lipinski definition) is 5. The molecule has 5 unspecified atom stereocenters. The van der Waals surface area contributed by atoms with E-state index in [0.29, 0.717) is 31.8 Å². The average Bonchev–Trinajstić information content (AvgIpc) is 2.97. The Kier molecular flexibility index (Phi) is 6.87. The zero-order chi connectivity index (χ0) is 19.4. The Balaban J connectivity index is 1.56. The first kappa shape index (κ1) is 20.3. The number of benzene rings is 1. The van der Waals surface area contributed by atoms with Crippen molar-refractivity contribution in [3.8, 4) is 0 Å². The molecule has 0 saturated carbocycles. The van der Waals surface area contributed by atoms with Gasteiger partial charge in [-0.1, -0.05) is 31.2 Å². The quantitative estimate of drug-likeness (QED) is 0.567. The van der Waals surface area contributed by atoms with E-state index < -0.39 is 12.2 Å². The highest BCUT2D eigenvalue weighted by atomic mass is 16.3. The Labute approximate surface area is 162 Å². The van der Waals surface area contributed by atoms with Crippen molar-refractivity contribution in [2.24, 2.45) is 5.92 Å². The molecule has 6 heteroatoms. The monoisotopic (exact) mass is 375 g/mol. The van der Waals surface area contributed by atoms with Gasteiger partial charge in [0.2, 0.25) is 5.91 Å². The number of nitrogens with one attached hydrogen (secondary N) is 2. The van der Waals surface area contributed by atoms with Crippen LogP contribution in [0.2, 0.25) is 0 Å². The van der Waals surface area contributed by atoms with E-state index in [1.165, 1.54) is 0 Å². The predicted molar refractivity (Wildman–Crippen MR) is 105 cm³/mol. The standard InChI is InChI=1S/C21H33N3O3/c1-3-15(10-17(25)13-24-9-8-22-12-14(24)2)21(27)23-20-18-7-5-4-6-16(18)11-19(20)26/h4-7,14-15,17,19-20,22,25-26H,3,8-13H2,1-2H3,(H,23,27). The second-order valence-corrected chi connectivity index (χ2v) is 8.00. The topological polar surface area (TPSA) is 84.8 Å². The van der Waals surface area contributed by atoms with E-state index in [1.807, 2.05) is 31.2 Å². The van der Waals surface area contributed by atoms with Crippen LogP contribution in [0.1, 0.15) is 43.9 Å². The number of piperazine rings is 1. The van der Waals surface area contributed by atoms with Crippen LogP contribution >= 0.6 is 0 Å². The van der Waals surface area contributed by atoms with Crippen LogP contribution in [-0.4, -0.2) is 65.4 Å². The highest BCUT2D eigenvalue weighted by molar-refractivity contribution is 5.79. The predicted octanol–water partition coefficient (Wildman–Crippen LogP) is 0.832. The maximum Gasteiger partial charge on any atom is 0.223 e. The van der Waals surface area contributed by atoms with Crippen LogP contribution in [0.25, 0.3) is 0 Å². The highest BCUT2D eigenvalue weighted by Crippen LogP contribution is 2.31. The Morgan fingerprint density at radius 3 is 2.93 bits per heavy atom. The third kappa shape index (κ3) is 4.88. The molecule has 0 spiro atoms. The fourth-order valence-electron chi connectivity index (χ4n) is 4.31. The third-order valence-electron chi connectivity index (χ3n) is 6.01. The van der Waals surface area contributed by atoms with Crippen molar-refractivity contribution in [1.82, 2.24) is 15.5 Å². The highest BCUT2D eigenvalue weighted by Gasteiger charge is 2.33. The van der Waals surface area contributed by atoms with E-state index in [0.717, 1.165) is 30.8 Å². The number of amides is 1. The number of aliphatic hydroxyl groups excluding tert-OH is 2. The van der Waals surface area contributed by atoms with E-state index in [-0.39, 0.29) is 17.9 Å². The maximum atomic E-state index is 12.8. The van der Waals surface area contributed by atoms with Crippen LogP contribution in [-0.2, 0) is 11.2 Å². The number of fused-ring (bicyclic) bond motifs is 1. The minimum Gasteiger partial charge on any atom is -0.392 e. The molecule has 6 nitrogen and oxygen atoms in total. The average molecular weight is 376 g/mol. The summed E-state index contributed by atoms with van der Waals surface area (Å²) in [6, 6.07) is 7.91. The van der Waals surface area contributed by atoms with Crippen molar-refractivity contribution in [1.29, 1.82) is 0 Å². The second-order valence-electron chi connectivity index (χ2n) is 8.00. The summed E-state index contributed by atoms with van der Waals surface area (Å²) in [6.07, 6.45) is 0.576. The van der Waals surface area contributed by atoms with E-state index >= 15 is 0 Å². The first-order chi connectivity index (χ1) is 13.0. The summed E-state index contributed by atoms with van der Waals surface area (Å²) in [5.74, 6) is -0.330. The Hall–Kier alpha value is -1.47. The van der Waals surface area contributed by atoms with Crippen LogP contribution in [0.15, 0.2) is 24.3 Å². The lowest BCUT2D eigenvalue weighted by atomic mass is 9.96. The number of hydrogen-bond donors (Lipinski definition) is 4. The van der Waals surface area contributed by atoms with Gasteiger partial charge >= 0.3 is 0 Å². The first-order valence-corrected chi connectivity index (χ1v) is 10.2. The summed E-state index contributed by atoms with van der Waals surface area (Å²) in [6.45, 7) is 7.52. The normalized spacial score (nSPS) is 27.8. The summed E-state index contributed by atoms with van der Waals surface area (Å²) in [5, 5.41) is 27.3. The zero-order valence-corrected chi connectivity index (χ0v) is 16.4. The van der Waals surface area contributed by atoms with Gasteiger partial charge in [-0.25, -0.2) is 0 Å². The molecular formula is C21H33N3O3. The molecule has 4 N–H and O–H groups in total. The lowest BCUT2D eigenvalue weighted by molar-refractivity contribution is -0.127. The van der Waals surface area contributed by atoms with Crippen molar-refractivity contribution < 1.29 is 15.0 Å². The van der Waals surface area contributed by atoms with Gasteiger partial charge in [0.15, 0.2) is 0 Å². The molecule has 5 atom stereocenters. The molecule has 2 aliphatic rings. The summed E-state index contributed by atoms with van der Waals surface area (Å²) in [4.78, 5) is 15.1. The van der Waals surface area contributed by atoms with Gasteiger partial charge in [0.1, 0.15) is 0 Å². The van der Waals surface area contributed by atoms with Gasteiger partial charge in [-0.3, -0.25) is 9.69 Å². The van der Waals surface area contributed by atoms with Crippen LogP contribution in [0.4, 0.5) is 0 Å². The van der Waals surface area contributed by atoms with Gasteiger partial charge in [-0.05, 0) is 30.9 Å². The second kappa shape index (κ2) is 9.15. The van der Waals surface area contributed by atoms with Crippen LogP contribution in [0.3, 0.4) is 0 Å². The van der Waals surface area contributed by atoms with Crippen LogP contribution < -0.4 is 10.6 Å². The molecule has 150 valence electrons. The molecule has 0 aromatic heterocycles. The van der Waals surface area contributed by atoms with E-state index in [1.54, 1.807) is 0 Å². The molecule has 1 saturated heterocycles. The van der Waals surface area contributed by atoms with Gasteiger partial charge < -0.3 is 20.8 Å². The van der Waals surface area contributed by atoms with Crippen molar-refractivity contribution in [2.75, 3.05) is 26.2 Å². The van der Waals surface area contributed by atoms with Crippen LogP contribution in [0.5, 0.6) is 0 Å². The minimum absolute atomic E-state index is 0.0781. The number of rotatable bonds is 7. The first-order valence-electron chi connectivity index (χ1n) is 10.2. The number of aliphatic hydroxyl groups is 2. The molecule has 0 radical (unpaired) electrons. The molecule has 1 amide bonds. The van der Waals surface area contributed by atoms with Gasteiger partial charge in [-0.15, -0.1) is 0 Å². The van der Waals surface area contributed by atoms with E-state index in [2.05, 4.69) is 22.5 Å². The van der Waals surface area contributed by atoms with Crippen molar-refractivity contribution in [3.05, 3.63) is 35.4 Å². The SMILES string of the molecule is CCC(CC(O)CN1CCNCC1C)C(=O)NC1c2ccccc2CC1O. The minimum atomic E-state index is -0.588. The van der Waals surface area contributed by atoms with E-state index in [9.17, 15) is 15.0 Å². The molecule has 27 heavy (non-hydrogen) atoms. The lowest BCUT2D eigenvalue weighted by Gasteiger charge is -2.35. The Bertz CT molecular complexity index is 639. The van der Waals surface area contributed by atoms with E-state index in [4.69, 9.17) is 0 Å². The Morgan fingerprint density at radius 1 is 1.41 bits per heavy atom. The van der Waals surface area contributed by atoms with Gasteiger partial charge in [0.25, 0.3) is 0 Å². The fraction of sp³-hybridized carbons (Fsp3) is 0.667.